The molecule has 4 heteroatoms. The number of allylic oxidation sites excluding steroid dienone is 19. The van der Waals surface area contributed by atoms with Gasteiger partial charge in [0.15, 0.2) is 0 Å². The van der Waals surface area contributed by atoms with Gasteiger partial charge in [-0.05, 0) is 96.3 Å². The SMILES string of the molecule is CC/C=C\C/C=C\C/C=C\C/C=C\C/C=C\C/C=C\C/C=C\C/C=C\CCCCCCCCCCCCCCCCCCC(=O)NC(CO)C(O)/C=C/CC/C=C/CCCCCCCCCC. The second kappa shape index (κ2) is 57.1. The van der Waals surface area contributed by atoms with Gasteiger partial charge in [0.25, 0.3) is 0 Å². The summed E-state index contributed by atoms with van der Waals surface area (Å²) in [5.74, 6) is -0.0772. The van der Waals surface area contributed by atoms with Gasteiger partial charge < -0.3 is 15.5 Å². The van der Waals surface area contributed by atoms with Crippen molar-refractivity contribution >= 4 is 5.91 Å². The molecule has 0 aliphatic rings. The van der Waals surface area contributed by atoms with Crippen LogP contribution in [-0.2, 0) is 4.79 Å². The predicted molar refractivity (Wildman–Crippen MR) is 299 cm³/mol. The second-order valence-electron chi connectivity index (χ2n) is 18.6. The minimum Gasteiger partial charge on any atom is -0.394 e. The predicted octanol–water partition coefficient (Wildman–Crippen LogP) is 18.9. The Hall–Kier alpha value is -3.21. The van der Waals surface area contributed by atoms with Crippen molar-refractivity contribution < 1.29 is 15.0 Å². The monoisotopic (exact) mass is 926 g/mol. The Bertz CT molecular complexity index is 1330. The van der Waals surface area contributed by atoms with E-state index in [2.05, 4.69) is 129 Å². The number of nitrogens with one attached hydrogen (secondary N) is 1. The first-order valence-electron chi connectivity index (χ1n) is 28.2. The molecule has 0 aromatic rings. The quantitative estimate of drug-likeness (QED) is 0.0421. The van der Waals surface area contributed by atoms with E-state index in [0.29, 0.717) is 6.42 Å². The molecule has 0 aromatic heterocycles. The van der Waals surface area contributed by atoms with Crippen molar-refractivity contribution in [2.75, 3.05) is 6.61 Å². The smallest absolute Gasteiger partial charge is 0.220 e. The first-order valence-corrected chi connectivity index (χ1v) is 28.2. The number of carbonyl (C=O) groups excluding carboxylic acids is 1. The molecule has 0 aliphatic carbocycles. The van der Waals surface area contributed by atoms with E-state index in [1.807, 2.05) is 6.08 Å². The lowest BCUT2D eigenvalue weighted by Gasteiger charge is -2.19. The molecular weight excluding hydrogens is 819 g/mol. The molecule has 2 unspecified atom stereocenters. The first kappa shape index (κ1) is 63.8. The van der Waals surface area contributed by atoms with Gasteiger partial charge >= 0.3 is 0 Å². The Morgan fingerprint density at radius 2 is 0.672 bits per heavy atom. The van der Waals surface area contributed by atoms with E-state index in [-0.39, 0.29) is 12.5 Å². The van der Waals surface area contributed by atoms with Crippen molar-refractivity contribution in [2.24, 2.45) is 0 Å². The van der Waals surface area contributed by atoms with Crippen molar-refractivity contribution in [3.63, 3.8) is 0 Å². The van der Waals surface area contributed by atoms with E-state index in [9.17, 15) is 15.0 Å². The molecule has 0 rings (SSSR count). The molecule has 0 heterocycles. The summed E-state index contributed by atoms with van der Waals surface area (Å²) in [5, 5.41) is 23.1. The number of hydrogen-bond donors (Lipinski definition) is 3. The fourth-order valence-corrected chi connectivity index (χ4v) is 7.92. The van der Waals surface area contributed by atoms with Crippen molar-refractivity contribution in [1.29, 1.82) is 0 Å². The number of aliphatic hydroxyl groups excluding tert-OH is 2. The number of hydrogen-bond acceptors (Lipinski definition) is 3. The fourth-order valence-electron chi connectivity index (χ4n) is 7.92. The summed E-state index contributed by atoms with van der Waals surface area (Å²) in [5.41, 5.74) is 0. The van der Waals surface area contributed by atoms with E-state index in [0.717, 1.165) is 83.5 Å². The molecule has 67 heavy (non-hydrogen) atoms. The van der Waals surface area contributed by atoms with E-state index in [1.165, 1.54) is 148 Å². The number of amides is 1. The third-order valence-electron chi connectivity index (χ3n) is 12.2. The van der Waals surface area contributed by atoms with E-state index in [4.69, 9.17) is 0 Å². The number of aliphatic hydroxyl groups is 2. The summed E-state index contributed by atoms with van der Waals surface area (Å²) < 4.78 is 0. The third-order valence-corrected chi connectivity index (χ3v) is 12.2. The Kier molecular flexibility index (Phi) is 54.4. The molecule has 0 bridgehead atoms. The van der Waals surface area contributed by atoms with E-state index in [1.54, 1.807) is 6.08 Å². The van der Waals surface area contributed by atoms with Crippen molar-refractivity contribution in [3.05, 3.63) is 122 Å². The Balaban J connectivity index is 3.54. The third kappa shape index (κ3) is 53.6. The Labute approximate surface area is 416 Å². The van der Waals surface area contributed by atoms with Gasteiger partial charge in [-0.3, -0.25) is 4.79 Å². The lowest BCUT2D eigenvalue weighted by Crippen LogP contribution is -2.45. The fraction of sp³-hybridized carbons (Fsp3) is 0.667. The molecule has 0 saturated heterocycles. The van der Waals surface area contributed by atoms with Crippen LogP contribution in [0.1, 0.15) is 251 Å². The van der Waals surface area contributed by atoms with Crippen molar-refractivity contribution in [3.8, 4) is 0 Å². The standard InChI is InChI=1S/C63H107NO3/c1-3-5-7-9-11-13-15-17-19-20-21-22-23-24-25-26-27-28-29-30-31-32-33-34-35-36-37-38-39-40-41-42-43-44-45-47-49-51-53-55-57-59-63(67)64-61(60-65)62(66)58-56-54-52-50-48-46-18-16-14-12-10-8-6-4-2/h5,7,11,13,17,19,21-22,24-25,27-28,30-31,33-34,48,50,56,58,61-62,65-66H,3-4,6,8-10,12,14-16,18,20,23,26,29,32,35-47,49,51-55,57,59-60H2,1-2H3,(H,64,67)/b7-5-,13-11-,19-17-,22-21-,25-24-,28-27-,31-30-,34-33-,50-48+,58-56+. The maximum atomic E-state index is 12.4. The minimum absolute atomic E-state index is 0.0772. The molecule has 0 aliphatic heterocycles. The molecule has 2 atom stereocenters. The zero-order valence-corrected chi connectivity index (χ0v) is 43.9. The summed E-state index contributed by atoms with van der Waals surface area (Å²) in [4.78, 5) is 12.4. The highest BCUT2D eigenvalue weighted by molar-refractivity contribution is 5.76. The van der Waals surface area contributed by atoms with Crippen LogP contribution in [0.3, 0.4) is 0 Å². The van der Waals surface area contributed by atoms with Gasteiger partial charge in [-0.1, -0.05) is 270 Å². The molecule has 0 saturated carbocycles. The summed E-state index contributed by atoms with van der Waals surface area (Å²) in [6, 6.07) is -0.644. The first-order chi connectivity index (χ1) is 33.2. The molecule has 0 radical (unpaired) electrons. The van der Waals surface area contributed by atoms with Crippen LogP contribution in [0.4, 0.5) is 0 Å². The van der Waals surface area contributed by atoms with Crippen LogP contribution in [0.2, 0.25) is 0 Å². The van der Waals surface area contributed by atoms with Crippen molar-refractivity contribution in [1.82, 2.24) is 5.32 Å². The van der Waals surface area contributed by atoms with Gasteiger partial charge in [-0.2, -0.15) is 0 Å². The summed E-state index contributed by atoms with van der Waals surface area (Å²) in [7, 11) is 0. The normalized spacial score (nSPS) is 13.8. The topological polar surface area (TPSA) is 69.6 Å². The van der Waals surface area contributed by atoms with Gasteiger partial charge in [0, 0.05) is 6.42 Å². The largest absolute Gasteiger partial charge is 0.394 e. The number of unbranched alkanes of at least 4 members (excludes halogenated alkanes) is 25. The summed E-state index contributed by atoms with van der Waals surface area (Å²) >= 11 is 0. The van der Waals surface area contributed by atoms with Gasteiger partial charge in [-0.25, -0.2) is 0 Å². The molecule has 4 nitrogen and oxygen atoms in total. The van der Waals surface area contributed by atoms with Crippen LogP contribution >= 0.6 is 0 Å². The lowest BCUT2D eigenvalue weighted by molar-refractivity contribution is -0.123. The van der Waals surface area contributed by atoms with Crippen LogP contribution in [-0.4, -0.2) is 34.9 Å². The van der Waals surface area contributed by atoms with E-state index < -0.39 is 12.1 Å². The highest BCUT2D eigenvalue weighted by Gasteiger charge is 2.17. The van der Waals surface area contributed by atoms with Crippen LogP contribution in [0.5, 0.6) is 0 Å². The Morgan fingerprint density at radius 1 is 0.373 bits per heavy atom. The average molecular weight is 927 g/mol. The van der Waals surface area contributed by atoms with Crippen LogP contribution in [0.15, 0.2) is 122 Å². The number of rotatable bonds is 50. The van der Waals surface area contributed by atoms with Crippen LogP contribution < -0.4 is 5.32 Å². The maximum absolute atomic E-state index is 12.4. The molecule has 0 aromatic carbocycles. The molecular formula is C63H107NO3. The average Bonchev–Trinajstić information content (AvgIpc) is 3.33. The molecule has 3 N–H and O–H groups in total. The minimum atomic E-state index is -0.866. The lowest BCUT2D eigenvalue weighted by atomic mass is 10.0. The summed E-state index contributed by atoms with van der Waals surface area (Å²) in [6.45, 7) is 4.17. The van der Waals surface area contributed by atoms with Crippen LogP contribution in [0, 0.1) is 0 Å². The van der Waals surface area contributed by atoms with E-state index >= 15 is 0 Å². The zero-order chi connectivity index (χ0) is 48.5. The molecule has 0 spiro atoms. The van der Waals surface area contributed by atoms with Crippen LogP contribution in [0.25, 0.3) is 0 Å². The molecule has 382 valence electrons. The second-order valence-corrected chi connectivity index (χ2v) is 18.6. The van der Waals surface area contributed by atoms with Gasteiger partial charge in [0.2, 0.25) is 5.91 Å². The maximum Gasteiger partial charge on any atom is 0.220 e. The van der Waals surface area contributed by atoms with Gasteiger partial charge in [0.1, 0.15) is 0 Å². The van der Waals surface area contributed by atoms with Gasteiger partial charge in [-0.15, -0.1) is 0 Å². The highest BCUT2D eigenvalue weighted by atomic mass is 16.3. The van der Waals surface area contributed by atoms with Gasteiger partial charge in [0.05, 0.1) is 18.8 Å². The highest BCUT2D eigenvalue weighted by Crippen LogP contribution is 2.15. The molecule has 1 amide bonds. The number of carbonyl (C=O) groups is 1. The Morgan fingerprint density at radius 3 is 1.04 bits per heavy atom. The molecule has 0 fully saturated rings. The zero-order valence-electron chi connectivity index (χ0n) is 43.9. The van der Waals surface area contributed by atoms with Crippen molar-refractivity contribution in [2.45, 2.75) is 264 Å². The summed E-state index contributed by atoms with van der Waals surface area (Å²) in [6.07, 6.45) is 87.9.